The van der Waals surface area contributed by atoms with Gasteiger partial charge in [0, 0.05) is 17.9 Å². The molecule has 7 heteroatoms. The maximum Gasteiger partial charge on any atom is 0.309 e. The molecule has 116 valence electrons. The van der Waals surface area contributed by atoms with Crippen LogP contribution in [0.4, 0.5) is 0 Å². The topological polar surface area (TPSA) is 77.9 Å². The van der Waals surface area contributed by atoms with E-state index in [1.54, 1.807) is 5.38 Å². The second-order valence-corrected chi connectivity index (χ2v) is 5.71. The van der Waals surface area contributed by atoms with Gasteiger partial charge in [-0.1, -0.05) is 0 Å². The fraction of sp³-hybridized carbons (Fsp3) is 0.333. The minimum atomic E-state index is -0.858. The second kappa shape index (κ2) is 6.65. The number of carbonyl (C=O) groups is 1. The highest BCUT2D eigenvalue weighted by molar-refractivity contribution is 7.09. The van der Waals surface area contributed by atoms with Crippen LogP contribution in [0.3, 0.4) is 0 Å². The number of carboxylic acids is 1. The van der Waals surface area contributed by atoms with Crippen molar-refractivity contribution in [2.45, 2.75) is 19.3 Å². The molecular formula is C15H15NO5S. The third kappa shape index (κ3) is 3.67. The molecule has 6 nitrogen and oxygen atoms in total. The number of ether oxygens (including phenoxy) is 3. The second-order valence-electron chi connectivity index (χ2n) is 4.77. The summed E-state index contributed by atoms with van der Waals surface area (Å²) in [4.78, 5) is 14.9. The van der Waals surface area contributed by atoms with Crippen LogP contribution in [0.25, 0.3) is 0 Å². The number of rotatable bonds is 7. The predicted molar refractivity (Wildman–Crippen MR) is 79.8 cm³/mol. The van der Waals surface area contributed by atoms with Crippen LogP contribution < -0.4 is 14.2 Å². The van der Waals surface area contributed by atoms with E-state index < -0.39 is 5.97 Å². The first-order chi connectivity index (χ1) is 10.7. The summed E-state index contributed by atoms with van der Waals surface area (Å²) < 4.78 is 16.2. The number of thiazole rings is 1. The lowest BCUT2D eigenvalue weighted by Crippen LogP contribution is -2.01. The van der Waals surface area contributed by atoms with Gasteiger partial charge in [-0.25, -0.2) is 4.98 Å². The van der Waals surface area contributed by atoms with E-state index in [9.17, 15) is 4.79 Å². The highest BCUT2D eigenvalue weighted by atomic mass is 32.1. The number of aliphatic carboxylic acids is 1. The van der Waals surface area contributed by atoms with Gasteiger partial charge in [-0.05, 0) is 18.6 Å². The van der Waals surface area contributed by atoms with Crippen LogP contribution in [0.1, 0.15) is 17.1 Å². The lowest BCUT2D eigenvalue weighted by Gasteiger charge is -2.06. The Morgan fingerprint density at radius 3 is 3.09 bits per heavy atom. The molecule has 2 aromatic rings. The van der Waals surface area contributed by atoms with Gasteiger partial charge >= 0.3 is 5.97 Å². The van der Waals surface area contributed by atoms with Crippen molar-refractivity contribution in [2.75, 3.05) is 13.4 Å². The van der Waals surface area contributed by atoms with Crippen molar-refractivity contribution in [3.05, 3.63) is 34.3 Å². The highest BCUT2D eigenvalue weighted by Gasteiger charge is 2.13. The normalized spacial score (nSPS) is 12.4. The van der Waals surface area contributed by atoms with E-state index in [0.29, 0.717) is 18.1 Å². The minimum Gasteiger partial charge on any atom is -0.493 e. The zero-order valence-electron chi connectivity index (χ0n) is 11.8. The van der Waals surface area contributed by atoms with Gasteiger partial charge in [-0.3, -0.25) is 4.79 Å². The number of carboxylic acid groups (broad SMARTS) is 1. The summed E-state index contributed by atoms with van der Waals surface area (Å²) in [5.74, 6) is 1.33. The first-order valence-electron chi connectivity index (χ1n) is 6.88. The Morgan fingerprint density at radius 1 is 1.36 bits per heavy atom. The molecule has 1 aromatic carbocycles. The molecule has 0 aliphatic carbocycles. The fourth-order valence-electron chi connectivity index (χ4n) is 2.08. The van der Waals surface area contributed by atoms with Crippen molar-refractivity contribution in [1.82, 2.24) is 4.98 Å². The molecule has 0 radical (unpaired) electrons. The van der Waals surface area contributed by atoms with E-state index >= 15 is 0 Å². The average molecular weight is 321 g/mol. The monoisotopic (exact) mass is 321 g/mol. The summed E-state index contributed by atoms with van der Waals surface area (Å²) in [6, 6.07) is 5.50. The first kappa shape index (κ1) is 14.6. The number of aromatic nitrogens is 1. The van der Waals surface area contributed by atoms with Crippen molar-refractivity contribution in [2.24, 2.45) is 0 Å². The Hall–Kier alpha value is -2.28. The van der Waals surface area contributed by atoms with Gasteiger partial charge in [0.1, 0.15) is 5.75 Å². The lowest BCUT2D eigenvalue weighted by atomic mass is 10.3. The largest absolute Gasteiger partial charge is 0.493 e. The average Bonchev–Trinajstić information content (AvgIpc) is 3.11. The predicted octanol–water partition coefficient (Wildman–Crippen LogP) is 2.51. The van der Waals surface area contributed by atoms with Gasteiger partial charge in [0.25, 0.3) is 0 Å². The molecule has 1 N–H and O–H groups in total. The van der Waals surface area contributed by atoms with Gasteiger partial charge in [-0.2, -0.15) is 0 Å². The van der Waals surface area contributed by atoms with Crippen LogP contribution in [-0.2, 0) is 17.6 Å². The molecule has 1 aliphatic rings. The molecule has 0 spiro atoms. The maximum atomic E-state index is 10.6. The van der Waals surface area contributed by atoms with Gasteiger partial charge < -0.3 is 19.3 Å². The Balaban J connectivity index is 1.43. The third-order valence-electron chi connectivity index (χ3n) is 3.08. The molecule has 0 saturated carbocycles. The van der Waals surface area contributed by atoms with Gasteiger partial charge in [0.2, 0.25) is 6.79 Å². The van der Waals surface area contributed by atoms with E-state index in [1.165, 1.54) is 11.3 Å². The molecule has 0 fully saturated rings. The first-order valence-corrected chi connectivity index (χ1v) is 7.76. The van der Waals surface area contributed by atoms with Gasteiger partial charge in [0.05, 0.1) is 23.7 Å². The van der Waals surface area contributed by atoms with Crippen LogP contribution in [0.5, 0.6) is 17.2 Å². The van der Waals surface area contributed by atoms with Crippen LogP contribution in [0, 0.1) is 0 Å². The summed E-state index contributed by atoms with van der Waals surface area (Å²) >= 11 is 1.49. The van der Waals surface area contributed by atoms with Crippen molar-refractivity contribution < 1.29 is 24.1 Å². The molecule has 22 heavy (non-hydrogen) atoms. The third-order valence-corrected chi connectivity index (χ3v) is 4.04. The maximum absolute atomic E-state index is 10.6. The number of fused-ring (bicyclic) bond motifs is 1. The standard InChI is InChI=1S/C15H15NO5S/c17-15(18)6-10-8-22-14(16-10)2-1-5-19-11-3-4-12-13(7-11)21-9-20-12/h3-4,7-8H,1-2,5-6,9H2,(H,17,18). The Bertz CT molecular complexity index is 670. The summed E-state index contributed by atoms with van der Waals surface area (Å²) in [5.41, 5.74) is 0.615. The van der Waals surface area contributed by atoms with Crippen LogP contribution in [-0.4, -0.2) is 29.5 Å². The summed E-state index contributed by atoms with van der Waals surface area (Å²) in [6.45, 7) is 0.814. The van der Waals surface area contributed by atoms with E-state index in [1.807, 2.05) is 18.2 Å². The van der Waals surface area contributed by atoms with Crippen molar-refractivity contribution in [3.63, 3.8) is 0 Å². The molecule has 0 amide bonds. The Morgan fingerprint density at radius 2 is 2.23 bits per heavy atom. The zero-order chi connectivity index (χ0) is 15.4. The van der Waals surface area contributed by atoms with Gasteiger partial charge in [0.15, 0.2) is 11.5 Å². The van der Waals surface area contributed by atoms with Crippen LogP contribution in [0.2, 0.25) is 0 Å². The smallest absolute Gasteiger partial charge is 0.309 e. The molecule has 1 aromatic heterocycles. The summed E-state index contributed by atoms with van der Waals surface area (Å²) in [7, 11) is 0. The SMILES string of the molecule is O=C(O)Cc1csc(CCCOc2ccc3c(c2)OCO3)n1. The number of hydrogen-bond acceptors (Lipinski definition) is 6. The molecule has 0 atom stereocenters. The van der Waals surface area contributed by atoms with Crippen molar-refractivity contribution >= 4 is 17.3 Å². The number of aryl methyl sites for hydroxylation is 1. The number of nitrogens with zero attached hydrogens (tertiary/aromatic N) is 1. The quantitative estimate of drug-likeness (QED) is 0.790. The highest BCUT2D eigenvalue weighted by Crippen LogP contribution is 2.35. The lowest BCUT2D eigenvalue weighted by molar-refractivity contribution is -0.136. The van der Waals surface area contributed by atoms with Crippen LogP contribution >= 0.6 is 11.3 Å². The zero-order valence-corrected chi connectivity index (χ0v) is 12.6. The molecule has 2 heterocycles. The molecule has 1 aliphatic heterocycles. The van der Waals surface area contributed by atoms with E-state index in [4.69, 9.17) is 19.3 Å². The number of benzene rings is 1. The summed E-state index contributed by atoms with van der Waals surface area (Å²) in [6.07, 6.45) is 1.56. The minimum absolute atomic E-state index is 0.0236. The Kier molecular flexibility index (Phi) is 4.43. The molecular weight excluding hydrogens is 306 g/mol. The van der Waals surface area contributed by atoms with E-state index in [2.05, 4.69) is 4.98 Å². The van der Waals surface area contributed by atoms with Gasteiger partial charge in [-0.15, -0.1) is 11.3 Å². The number of hydrogen-bond donors (Lipinski definition) is 1. The van der Waals surface area contributed by atoms with Crippen LogP contribution in [0.15, 0.2) is 23.6 Å². The fourth-order valence-corrected chi connectivity index (χ4v) is 2.92. The van der Waals surface area contributed by atoms with E-state index in [-0.39, 0.29) is 13.2 Å². The van der Waals surface area contributed by atoms with E-state index in [0.717, 1.165) is 29.3 Å². The Labute approximate surface area is 131 Å². The molecule has 0 unspecified atom stereocenters. The molecule has 0 bridgehead atoms. The molecule has 3 rings (SSSR count). The summed E-state index contributed by atoms with van der Waals surface area (Å²) in [5, 5.41) is 11.4. The van der Waals surface area contributed by atoms with Crippen molar-refractivity contribution in [1.29, 1.82) is 0 Å². The molecule has 0 saturated heterocycles. The van der Waals surface area contributed by atoms with Crippen molar-refractivity contribution in [3.8, 4) is 17.2 Å².